The van der Waals surface area contributed by atoms with Crippen molar-refractivity contribution in [2.45, 2.75) is 6.54 Å². The summed E-state index contributed by atoms with van der Waals surface area (Å²) in [6, 6.07) is 12.2. The highest BCUT2D eigenvalue weighted by Gasteiger charge is 2.06. The fourth-order valence-electron chi connectivity index (χ4n) is 1.81. The second kappa shape index (κ2) is 4.86. The summed E-state index contributed by atoms with van der Waals surface area (Å²) in [5.74, 6) is 0.885. The highest BCUT2D eigenvalue weighted by Crippen LogP contribution is 2.23. The van der Waals surface area contributed by atoms with Crippen LogP contribution in [0.3, 0.4) is 0 Å². The molecule has 2 aromatic rings. The van der Waals surface area contributed by atoms with Crippen molar-refractivity contribution in [2.75, 3.05) is 14.2 Å². The van der Waals surface area contributed by atoms with Crippen molar-refractivity contribution in [1.29, 1.82) is 0 Å². The lowest BCUT2D eigenvalue weighted by molar-refractivity contribution is 0.412. The van der Waals surface area contributed by atoms with Crippen molar-refractivity contribution in [1.82, 2.24) is 9.88 Å². The van der Waals surface area contributed by atoms with Gasteiger partial charge in [-0.25, -0.2) is 0 Å². The number of methoxy groups -OCH3 is 1. The van der Waals surface area contributed by atoms with Gasteiger partial charge in [0.1, 0.15) is 5.75 Å². The molecule has 0 aliphatic heterocycles. The summed E-state index contributed by atoms with van der Waals surface area (Å²) < 4.78 is 7.50. The maximum absolute atomic E-state index is 5.36. The van der Waals surface area contributed by atoms with Gasteiger partial charge < -0.3 is 14.6 Å². The first kappa shape index (κ1) is 10.8. The van der Waals surface area contributed by atoms with Crippen LogP contribution in [0.25, 0.3) is 5.69 Å². The predicted octanol–water partition coefficient (Wildman–Crippen LogP) is 2.21. The van der Waals surface area contributed by atoms with E-state index in [1.807, 2.05) is 37.5 Å². The Morgan fingerprint density at radius 3 is 2.75 bits per heavy atom. The minimum absolute atomic E-state index is 0.838. The lowest BCUT2D eigenvalue weighted by Crippen LogP contribution is -2.10. The van der Waals surface area contributed by atoms with Crippen molar-refractivity contribution >= 4 is 0 Å². The molecule has 1 N–H and O–H groups in total. The number of hydrogen-bond acceptors (Lipinski definition) is 2. The summed E-state index contributed by atoms with van der Waals surface area (Å²) in [6.45, 7) is 0.838. The van der Waals surface area contributed by atoms with Crippen molar-refractivity contribution in [3.63, 3.8) is 0 Å². The van der Waals surface area contributed by atoms with Gasteiger partial charge in [-0.3, -0.25) is 0 Å². The minimum atomic E-state index is 0.838. The summed E-state index contributed by atoms with van der Waals surface area (Å²) in [5.41, 5.74) is 2.28. The SMILES string of the molecule is CNCc1cccn1-c1ccccc1OC. The fourth-order valence-corrected chi connectivity index (χ4v) is 1.81. The van der Waals surface area contributed by atoms with E-state index < -0.39 is 0 Å². The summed E-state index contributed by atoms with van der Waals surface area (Å²) in [5, 5.41) is 3.16. The van der Waals surface area contributed by atoms with Crippen molar-refractivity contribution in [3.05, 3.63) is 48.3 Å². The van der Waals surface area contributed by atoms with E-state index in [2.05, 4.69) is 22.0 Å². The molecule has 0 amide bonds. The Kier molecular flexibility index (Phi) is 3.27. The van der Waals surface area contributed by atoms with E-state index in [9.17, 15) is 0 Å². The molecule has 0 radical (unpaired) electrons. The molecule has 1 aromatic carbocycles. The average Bonchev–Trinajstić information content (AvgIpc) is 2.77. The maximum atomic E-state index is 5.36. The van der Waals surface area contributed by atoms with Gasteiger partial charge in [0.05, 0.1) is 12.8 Å². The van der Waals surface area contributed by atoms with Gasteiger partial charge >= 0.3 is 0 Å². The quantitative estimate of drug-likeness (QED) is 0.848. The van der Waals surface area contributed by atoms with Crippen molar-refractivity contribution < 1.29 is 4.74 Å². The fraction of sp³-hybridized carbons (Fsp3) is 0.231. The molecule has 0 spiro atoms. The van der Waals surface area contributed by atoms with Crippen LogP contribution in [0.2, 0.25) is 0 Å². The molecular weight excluding hydrogens is 200 g/mol. The number of nitrogens with one attached hydrogen (secondary N) is 1. The van der Waals surface area contributed by atoms with Crippen molar-refractivity contribution in [3.8, 4) is 11.4 Å². The Bertz CT molecular complexity index is 462. The molecule has 0 unspecified atom stereocenters. The number of hydrogen-bond donors (Lipinski definition) is 1. The first-order valence-corrected chi connectivity index (χ1v) is 5.31. The summed E-state index contributed by atoms with van der Waals surface area (Å²) >= 11 is 0. The first-order chi connectivity index (χ1) is 7.86. The number of aromatic nitrogens is 1. The molecule has 1 heterocycles. The molecule has 2 rings (SSSR count). The van der Waals surface area contributed by atoms with Crippen LogP contribution in [-0.2, 0) is 6.54 Å². The summed E-state index contributed by atoms with van der Waals surface area (Å²) in [7, 11) is 3.64. The minimum Gasteiger partial charge on any atom is -0.495 e. The van der Waals surface area contributed by atoms with E-state index in [4.69, 9.17) is 4.74 Å². The van der Waals surface area contributed by atoms with Crippen LogP contribution in [0.1, 0.15) is 5.69 Å². The van der Waals surface area contributed by atoms with E-state index in [0.29, 0.717) is 0 Å². The van der Waals surface area contributed by atoms with Crippen LogP contribution in [0.5, 0.6) is 5.75 Å². The van der Waals surface area contributed by atoms with Gasteiger partial charge in [0.2, 0.25) is 0 Å². The average molecular weight is 216 g/mol. The van der Waals surface area contributed by atoms with E-state index in [-0.39, 0.29) is 0 Å². The zero-order chi connectivity index (χ0) is 11.4. The highest BCUT2D eigenvalue weighted by atomic mass is 16.5. The van der Waals surface area contributed by atoms with E-state index in [1.165, 1.54) is 5.69 Å². The maximum Gasteiger partial charge on any atom is 0.142 e. The Morgan fingerprint density at radius 2 is 2.00 bits per heavy atom. The molecule has 1 aromatic heterocycles. The third kappa shape index (κ3) is 1.95. The number of benzene rings is 1. The lowest BCUT2D eigenvalue weighted by atomic mass is 10.3. The molecule has 0 saturated heterocycles. The zero-order valence-corrected chi connectivity index (χ0v) is 9.60. The molecule has 0 saturated carbocycles. The summed E-state index contributed by atoms with van der Waals surface area (Å²) in [4.78, 5) is 0. The second-order valence-corrected chi connectivity index (χ2v) is 3.57. The Hall–Kier alpha value is -1.74. The molecule has 0 fully saturated rings. The largest absolute Gasteiger partial charge is 0.495 e. The molecular formula is C13H16N2O. The zero-order valence-electron chi connectivity index (χ0n) is 9.60. The number of ether oxygens (including phenoxy) is 1. The predicted molar refractivity (Wildman–Crippen MR) is 65.1 cm³/mol. The van der Waals surface area contributed by atoms with E-state index in [0.717, 1.165) is 18.0 Å². The van der Waals surface area contributed by atoms with Gasteiger partial charge in [0, 0.05) is 18.4 Å². The number of rotatable bonds is 4. The van der Waals surface area contributed by atoms with Crippen LogP contribution in [-0.4, -0.2) is 18.7 Å². The molecule has 16 heavy (non-hydrogen) atoms. The molecule has 84 valence electrons. The smallest absolute Gasteiger partial charge is 0.142 e. The molecule has 0 aliphatic rings. The van der Waals surface area contributed by atoms with Crippen LogP contribution < -0.4 is 10.1 Å². The van der Waals surface area contributed by atoms with Crippen LogP contribution in [0.15, 0.2) is 42.6 Å². The normalized spacial score (nSPS) is 10.4. The number of nitrogens with zero attached hydrogens (tertiary/aromatic N) is 1. The van der Waals surface area contributed by atoms with Crippen LogP contribution in [0.4, 0.5) is 0 Å². The van der Waals surface area contributed by atoms with Gasteiger partial charge in [-0.1, -0.05) is 12.1 Å². The molecule has 3 heteroatoms. The monoisotopic (exact) mass is 216 g/mol. The molecule has 0 aliphatic carbocycles. The Labute approximate surface area is 95.7 Å². The van der Waals surface area contributed by atoms with Gasteiger partial charge in [-0.2, -0.15) is 0 Å². The third-order valence-corrected chi connectivity index (χ3v) is 2.54. The Balaban J connectivity index is 2.45. The third-order valence-electron chi connectivity index (χ3n) is 2.54. The van der Waals surface area contributed by atoms with Gasteiger partial charge in [-0.05, 0) is 31.3 Å². The Morgan fingerprint density at radius 1 is 1.19 bits per heavy atom. The topological polar surface area (TPSA) is 26.2 Å². The molecule has 0 bridgehead atoms. The van der Waals surface area contributed by atoms with Crippen LogP contribution >= 0.6 is 0 Å². The number of para-hydroxylation sites is 2. The first-order valence-electron chi connectivity index (χ1n) is 5.31. The van der Waals surface area contributed by atoms with Gasteiger partial charge in [0.25, 0.3) is 0 Å². The van der Waals surface area contributed by atoms with Gasteiger partial charge in [0.15, 0.2) is 0 Å². The molecule has 3 nitrogen and oxygen atoms in total. The van der Waals surface area contributed by atoms with Crippen LogP contribution in [0, 0.1) is 0 Å². The second-order valence-electron chi connectivity index (χ2n) is 3.57. The van der Waals surface area contributed by atoms with Crippen molar-refractivity contribution in [2.24, 2.45) is 0 Å². The summed E-state index contributed by atoms with van der Waals surface area (Å²) in [6.07, 6.45) is 2.05. The highest BCUT2D eigenvalue weighted by molar-refractivity contribution is 5.48. The lowest BCUT2D eigenvalue weighted by Gasteiger charge is -2.12. The van der Waals surface area contributed by atoms with E-state index in [1.54, 1.807) is 7.11 Å². The van der Waals surface area contributed by atoms with E-state index >= 15 is 0 Å². The molecule has 0 atom stereocenters. The van der Waals surface area contributed by atoms with Gasteiger partial charge in [-0.15, -0.1) is 0 Å². The standard InChI is InChI=1S/C13H16N2O/c1-14-10-11-6-5-9-15(11)12-7-3-4-8-13(12)16-2/h3-9,14H,10H2,1-2H3.